The van der Waals surface area contributed by atoms with E-state index in [0.29, 0.717) is 11.5 Å². The summed E-state index contributed by atoms with van der Waals surface area (Å²) in [4.78, 5) is 16.4. The molecule has 21 heavy (non-hydrogen) atoms. The van der Waals surface area contributed by atoms with Crippen molar-refractivity contribution in [3.05, 3.63) is 47.2 Å². The monoisotopic (exact) mass is 303 g/mol. The highest BCUT2D eigenvalue weighted by Crippen LogP contribution is 2.30. The maximum absolute atomic E-state index is 11.9. The van der Waals surface area contributed by atoms with Gasteiger partial charge in [0.1, 0.15) is 6.04 Å². The Kier molecular flexibility index (Phi) is 4.54. The molecular formula is C14H17N5OS. The molecular weight excluding hydrogens is 286 g/mol. The zero-order valence-corrected chi connectivity index (χ0v) is 12.6. The molecule has 7 heteroatoms. The van der Waals surface area contributed by atoms with Crippen molar-refractivity contribution < 1.29 is 4.79 Å². The van der Waals surface area contributed by atoms with E-state index in [4.69, 9.17) is 18.0 Å². The minimum atomic E-state index is -0.361. The van der Waals surface area contributed by atoms with Crippen LogP contribution in [0.3, 0.4) is 0 Å². The van der Waals surface area contributed by atoms with Crippen molar-refractivity contribution in [1.29, 1.82) is 0 Å². The molecule has 1 aromatic carbocycles. The molecule has 0 aliphatic carbocycles. The first-order valence-electron chi connectivity index (χ1n) is 6.42. The van der Waals surface area contributed by atoms with Crippen LogP contribution in [0, 0.1) is 0 Å². The number of carbonyl (C=O) groups excluding carboxylic acids is 1. The van der Waals surface area contributed by atoms with Gasteiger partial charge in [0.15, 0.2) is 10.9 Å². The second-order valence-electron chi connectivity index (χ2n) is 4.63. The lowest BCUT2D eigenvalue weighted by atomic mass is 9.94. The molecule has 2 rings (SSSR count). The van der Waals surface area contributed by atoms with Gasteiger partial charge < -0.3 is 11.1 Å². The van der Waals surface area contributed by atoms with E-state index in [2.05, 4.69) is 21.2 Å². The van der Waals surface area contributed by atoms with Gasteiger partial charge in [-0.15, -0.1) is 0 Å². The fourth-order valence-corrected chi connectivity index (χ4v) is 2.24. The maximum atomic E-state index is 11.9. The molecule has 0 radical (unpaired) electrons. The van der Waals surface area contributed by atoms with Crippen molar-refractivity contribution in [3.8, 4) is 0 Å². The van der Waals surface area contributed by atoms with Crippen molar-refractivity contribution in [2.45, 2.75) is 19.9 Å². The van der Waals surface area contributed by atoms with E-state index >= 15 is 0 Å². The molecule has 1 aliphatic heterocycles. The summed E-state index contributed by atoms with van der Waals surface area (Å²) in [5, 5.41) is 3.13. The van der Waals surface area contributed by atoms with E-state index in [1.54, 1.807) is 0 Å². The second-order valence-corrected chi connectivity index (χ2v) is 5.06. The first-order chi connectivity index (χ1) is 9.99. The van der Waals surface area contributed by atoms with Gasteiger partial charge in [-0.1, -0.05) is 30.3 Å². The number of nitrogens with zero attached hydrogens (tertiary/aromatic N) is 1. The number of allylic oxidation sites excluding steroid dienone is 1. The predicted molar refractivity (Wildman–Crippen MR) is 86.2 cm³/mol. The van der Waals surface area contributed by atoms with Gasteiger partial charge in [-0.25, -0.2) is 4.99 Å². The Morgan fingerprint density at radius 3 is 2.62 bits per heavy atom. The van der Waals surface area contributed by atoms with E-state index in [9.17, 15) is 4.79 Å². The standard InChI is InChI=1S/C14H17N5OS/c1-8-11(9(2)20)12(10-6-4-3-5-7-10)17-14(16-8)19-18-13(15)21/h3-7,12H,1-2H3,(H3,15,18,21)(H2,16,17,19). The third-order valence-corrected chi connectivity index (χ3v) is 3.14. The number of nitrogens with two attached hydrogens (primary N) is 1. The fraction of sp³-hybridized carbons (Fsp3) is 0.214. The predicted octanol–water partition coefficient (Wildman–Crippen LogP) is 0.888. The number of hydrogen-bond acceptors (Lipinski definition) is 5. The molecule has 110 valence electrons. The number of benzene rings is 1. The fourth-order valence-electron chi connectivity index (χ4n) is 2.19. The highest BCUT2D eigenvalue weighted by atomic mass is 32.1. The van der Waals surface area contributed by atoms with Crippen LogP contribution in [0.4, 0.5) is 0 Å². The molecule has 0 aromatic heterocycles. The molecule has 0 fully saturated rings. The summed E-state index contributed by atoms with van der Waals surface area (Å²) in [6.07, 6.45) is 0. The summed E-state index contributed by atoms with van der Waals surface area (Å²) in [5.41, 5.74) is 13.1. The van der Waals surface area contributed by atoms with E-state index in [1.807, 2.05) is 37.3 Å². The third kappa shape index (κ3) is 3.57. The van der Waals surface area contributed by atoms with E-state index in [1.165, 1.54) is 6.92 Å². The molecule has 1 atom stereocenters. The average Bonchev–Trinajstić information content (AvgIpc) is 2.45. The van der Waals surface area contributed by atoms with Crippen LogP contribution >= 0.6 is 12.2 Å². The van der Waals surface area contributed by atoms with Crippen LogP contribution < -0.4 is 21.9 Å². The van der Waals surface area contributed by atoms with Gasteiger partial charge in [-0.3, -0.25) is 15.6 Å². The minimum Gasteiger partial charge on any atom is -0.375 e. The van der Waals surface area contributed by atoms with Gasteiger partial charge in [0.05, 0.1) is 0 Å². The Balaban J connectivity index is 2.35. The summed E-state index contributed by atoms with van der Waals surface area (Å²) in [7, 11) is 0. The largest absolute Gasteiger partial charge is 0.375 e. The Bertz CT molecular complexity index is 624. The first kappa shape index (κ1) is 15.0. The molecule has 5 N–H and O–H groups in total. The number of rotatable bonds is 2. The van der Waals surface area contributed by atoms with Crippen LogP contribution in [0.2, 0.25) is 0 Å². The molecule has 1 aromatic rings. The van der Waals surface area contributed by atoms with Crippen molar-refractivity contribution >= 4 is 29.1 Å². The number of carbonyl (C=O) groups is 1. The molecule has 1 heterocycles. The molecule has 0 saturated carbocycles. The number of nitrogens with one attached hydrogen (secondary N) is 3. The van der Waals surface area contributed by atoms with Crippen LogP contribution in [0.15, 0.2) is 46.6 Å². The van der Waals surface area contributed by atoms with Crippen LogP contribution in [0.5, 0.6) is 0 Å². The van der Waals surface area contributed by atoms with Crippen LogP contribution in [-0.2, 0) is 4.79 Å². The normalized spacial score (nSPS) is 17.6. The Morgan fingerprint density at radius 2 is 2.05 bits per heavy atom. The minimum absolute atomic E-state index is 0.0149. The topological polar surface area (TPSA) is 91.5 Å². The first-order valence-corrected chi connectivity index (χ1v) is 6.83. The van der Waals surface area contributed by atoms with Crippen molar-refractivity contribution in [1.82, 2.24) is 16.2 Å². The highest BCUT2D eigenvalue weighted by Gasteiger charge is 2.26. The Morgan fingerprint density at radius 1 is 1.38 bits per heavy atom. The van der Waals surface area contributed by atoms with Gasteiger partial charge >= 0.3 is 0 Å². The number of Topliss-reactive ketones (excluding diaryl/α,β-unsaturated/α-hetero) is 1. The number of hydrogen-bond donors (Lipinski definition) is 4. The molecule has 0 saturated heterocycles. The third-order valence-electron chi connectivity index (χ3n) is 3.04. The van der Waals surface area contributed by atoms with Gasteiger partial charge in [0, 0.05) is 11.3 Å². The highest BCUT2D eigenvalue weighted by molar-refractivity contribution is 7.80. The van der Waals surface area contributed by atoms with E-state index in [0.717, 1.165) is 11.3 Å². The molecule has 1 aliphatic rings. The number of ketones is 1. The average molecular weight is 303 g/mol. The SMILES string of the molecule is CC(=O)C1=C(C)NC(NNC(N)=S)=NC1c1ccccc1. The van der Waals surface area contributed by atoms with Crippen LogP contribution in [-0.4, -0.2) is 16.9 Å². The second kappa shape index (κ2) is 6.36. The van der Waals surface area contributed by atoms with E-state index < -0.39 is 0 Å². The number of hydrazine groups is 1. The number of guanidine groups is 1. The van der Waals surface area contributed by atoms with Gasteiger partial charge in [-0.2, -0.15) is 0 Å². The van der Waals surface area contributed by atoms with Crippen LogP contribution in [0.1, 0.15) is 25.5 Å². The molecule has 0 amide bonds. The quantitative estimate of drug-likeness (QED) is 0.479. The summed E-state index contributed by atoms with van der Waals surface area (Å²) < 4.78 is 0. The van der Waals surface area contributed by atoms with Gasteiger partial charge in [0.2, 0.25) is 5.96 Å². The lowest BCUT2D eigenvalue weighted by molar-refractivity contribution is -0.114. The summed E-state index contributed by atoms with van der Waals surface area (Å²) in [5.74, 6) is 0.443. The number of aliphatic imine (C=N–C) groups is 1. The smallest absolute Gasteiger partial charge is 0.215 e. The van der Waals surface area contributed by atoms with Gasteiger partial charge in [0.25, 0.3) is 0 Å². The molecule has 6 nitrogen and oxygen atoms in total. The van der Waals surface area contributed by atoms with Crippen molar-refractivity contribution in [2.24, 2.45) is 10.7 Å². The zero-order chi connectivity index (χ0) is 15.4. The van der Waals surface area contributed by atoms with Crippen molar-refractivity contribution in [2.75, 3.05) is 0 Å². The van der Waals surface area contributed by atoms with E-state index in [-0.39, 0.29) is 16.9 Å². The molecule has 0 spiro atoms. The lowest BCUT2D eigenvalue weighted by Crippen LogP contribution is -2.50. The molecule has 0 bridgehead atoms. The summed E-state index contributed by atoms with van der Waals surface area (Å²) >= 11 is 4.74. The summed E-state index contributed by atoms with van der Waals surface area (Å²) in [6, 6.07) is 9.27. The summed E-state index contributed by atoms with van der Waals surface area (Å²) in [6.45, 7) is 3.38. The van der Waals surface area contributed by atoms with Crippen molar-refractivity contribution in [3.63, 3.8) is 0 Å². The maximum Gasteiger partial charge on any atom is 0.215 e. The zero-order valence-electron chi connectivity index (χ0n) is 11.8. The van der Waals surface area contributed by atoms with Gasteiger partial charge in [-0.05, 0) is 31.6 Å². The Hall–Kier alpha value is -2.41. The molecule has 1 unspecified atom stereocenters. The van der Waals surface area contributed by atoms with Crippen LogP contribution in [0.25, 0.3) is 0 Å². The number of thiocarbonyl (C=S) groups is 1. The lowest BCUT2D eigenvalue weighted by Gasteiger charge is -2.26. The Labute approximate surface area is 128 Å².